The van der Waals surface area contributed by atoms with Gasteiger partial charge in [0.2, 0.25) is 5.91 Å². The van der Waals surface area contributed by atoms with Crippen LogP contribution in [0.5, 0.6) is 0 Å². The molecular weight excluding hydrogens is 288 g/mol. The SMILES string of the molecule is C.C=CC1C[C@@H]1C(=O)NS(=O)(=O)c1cccc2cc[nH]c12. The zero-order valence-electron chi connectivity index (χ0n) is 10.7. The summed E-state index contributed by atoms with van der Waals surface area (Å²) in [7, 11) is -3.86. The molecule has 1 aliphatic rings. The average Bonchev–Trinajstić information content (AvgIpc) is 3.06. The molecule has 2 atom stereocenters. The van der Waals surface area contributed by atoms with Crippen molar-refractivity contribution in [3.05, 3.63) is 43.1 Å². The van der Waals surface area contributed by atoms with E-state index in [1.807, 2.05) is 0 Å². The molecule has 112 valence electrons. The molecule has 0 saturated heterocycles. The minimum atomic E-state index is -3.86. The summed E-state index contributed by atoms with van der Waals surface area (Å²) in [6.45, 7) is 3.61. The van der Waals surface area contributed by atoms with E-state index in [-0.39, 0.29) is 24.2 Å². The third-order valence-electron chi connectivity index (χ3n) is 3.55. The van der Waals surface area contributed by atoms with E-state index in [1.165, 1.54) is 6.07 Å². The molecule has 0 spiro atoms. The number of carbonyl (C=O) groups is 1. The van der Waals surface area contributed by atoms with E-state index in [2.05, 4.69) is 16.3 Å². The van der Waals surface area contributed by atoms with Gasteiger partial charge in [0.25, 0.3) is 10.0 Å². The van der Waals surface area contributed by atoms with Crippen molar-refractivity contribution >= 4 is 26.8 Å². The third kappa shape index (κ3) is 2.71. The van der Waals surface area contributed by atoms with Gasteiger partial charge in [0.05, 0.1) is 5.52 Å². The first-order valence-corrected chi connectivity index (χ1v) is 7.76. The Balaban J connectivity index is 0.00000161. The van der Waals surface area contributed by atoms with Gasteiger partial charge < -0.3 is 4.98 Å². The second kappa shape index (κ2) is 5.37. The zero-order chi connectivity index (χ0) is 14.3. The topological polar surface area (TPSA) is 79.0 Å². The molecule has 1 aromatic heterocycles. The largest absolute Gasteiger partial charge is 0.360 e. The molecule has 1 amide bonds. The molecule has 6 heteroatoms. The van der Waals surface area contributed by atoms with Gasteiger partial charge in [-0.2, -0.15) is 0 Å². The summed E-state index contributed by atoms with van der Waals surface area (Å²) < 4.78 is 26.8. The highest BCUT2D eigenvalue weighted by Gasteiger charge is 2.42. The van der Waals surface area contributed by atoms with Crippen molar-refractivity contribution in [2.24, 2.45) is 11.8 Å². The number of aromatic amines is 1. The molecule has 2 aromatic rings. The van der Waals surface area contributed by atoms with Crippen molar-refractivity contribution in [1.29, 1.82) is 0 Å². The molecule has 1 heterocycles. The van der Waals surface area contributed by atoms with Crippen molar-refractivity contribution in [1.82, 2.24) is 9.71 Å². The van der Waals surface area contributed by atoms with Crippen LogP contribution in [0.25, 0.3) is 10.9 Å². The van der Waals surface area contributed by atoms with Gasteiger partial charge in [-0.25, -0.2) is 13.1 Å². The molecule has 1 aliphatic carbocycles. The van der Waals surface area contributed by atoms with Crippen molar-refractivity contribution in [3.8, 4) is 0 Å². The Hall–Kier alpha value is -2.08. The third-order valence-corrected chi connectivity index (χ3v) is 4.94. The van der Waals surface area contributed by atoms with E-state index >= 15 is 0 Å². The highest BCUT2D eigenvalue weighted by Crippen LogP contribution is 2.39. The maximum Gasteiger partial charge on any atom is 0.266 e. The van der Waals surface area contributed by atoms with Crippen LogP contribution in [-0.4, -0.2) is 19.3 Å². The minimum Gasteiger partial charge on any atom is -0.360 e. The average molecular weight is 306 g/mol. The van der Waals surface area contributed by atoms with Gasteiger partial charge >= 0.3 is 0 Å². The van der Waals surface area contributed by atoms with Crippen molar-refractivity contribution < 1.29 is 13.2 Å². The van der Waals surface area contributed by atoms with Gasteiger partial charge in [-0.3, -0.25) is 4.79 Å². The number of hydrogen-bond acceptors (Lipinski definition) is 3. The van der Waals surface area contributed by atoms with Crippen LogP contribution in [0.15, 0.2) is 48.0 Å². The van der Waals surface area contributed by atoms with E-state index in [1.54, 1.807) is 30.5 Å². The number of nitrogens with one attached hydrogen (secondary N) is 2. The lowest BCUT2D eigenvalue weighted by molar-refractivity contribution is -0.120. The maximum absolute atomic E-state index is 12.3. The quantitative estimate of drug-likeness (QED) is 0.851. The number of fused-ring (bicyclic) bond motifs is 1. The Kier molecular flexibility index (Phi) is 3.91. The molecule has 3 rings (SSSR count). The second-order valence-corrected chi connectivity index (χ2v) is 6.56. The number of carbonyl (C=O) groups excluding carboxylic acids is 1. The van der Waals surface area contributed by atoms with Crippen LogP contribution in [0.3, 0.4) is 0 Å². The fraction of sp³-hybridized carbons (Fsp3) is 0.267. The molecule has 1 fully saturated rings. The first kappa shape index (κ1) is 15.3. The van der Waals surface area contributed by atoms with E-state index < -0.39 is 15.9 Å². The predicted molar refractivity (Wildman–Crippen MR) is 82.2 cm³/mol. The fourth-order valence-corrected chi connectivity index (χ4v) is 3.55. The molecule has 0 radical (unpaired) electrons. The van der Waals surface area contributed by atoms with E-state index in [4.69, 9.17) is 0 Å². The number of allylic oxidation sites excluding steroid dienone is 1. The molecule has 1 unspecified atom stereocenters. The van der Waals surface area contributed by atoms with Gasteiger partial charge in [0.15, 0.2) is 0 Å². The summed E-state index contributed by atoms with van der Waals surface area (Å²) in [4.78, 5) is 14.9. The Morgan fingerprint density at radius 1 is 1.38 bits per heavy atom. The van der Waals surface area contributed by atoms with Crippen molar-refractivity contribution in [3.63, 3.8) is 0 Å². The molecule has 2 N–H and O–H groups in total. The Morgan fingerprint density at radius 2 is 2.14 bits per heavy atom. The van der Waals surface area contributed by atoms with Gasteiger partial charge in [0.1, 0.15) is 4.90 Å². The Morgan fingerprint density at radius 3 is 2.81 bits per heavy atom. The number of sulfonamides is 1. The summed E-state index contributed by atoms with van der Waals surface area (Å²) in [6, 6.07) is 6.72. The van der Waals surface area contributed by atoms with Crippen LogP contribution in [-0.2, 0) is 14.8 Å². The van der Waals surface area contributed by atoms with Crippen molar-refractivity contribution in [2.75, 3.05) is 0 Å². The molecule has 1 aromatic carbocycles. The Labute approximate surface area is 124 Å². The molecule has 1 saturated carbocycles. The number of benzene rings is 1. The predicted octanol–water partition coefficient (Wildman–Crippen LogP) is 2.43. The number of aromatic nitrogens is 1. The van der Waals surface area contributed by atoms with Crippen LogP contribution in [0.4, 0.5) is 0 Å². The normalized spacial score (nSPS) is 20.6. The summed E-state index contributed by atoms with van der Waals surface area (Å²) in [6.07, 6.45) is 4.01. The lowest BCUT2D eigenvalue weighted by Gasteiger charge is -2.07. The van der Waals surface area contributed by atoms with Gasteiger partial charge in [-0.1, -0.05) is 25.6 Å². The maximum atomic E-state index is 12.3. The molecule has 5 nitrogen and oxygen atoms in total. The molecule has 0 bridgehead atoms. The lowest BCUT2D eigenvalue weighted by Crippen LogP contribution is -2.32. The highest BCUT2D eigenvalue weighted by molar-refractivity contribution is 7.90. The minimum absolute atomic E-state index is 0. The van der Waals surface area contributed by atoms with Gasteiger partial charge in [-0.05, 0) is 24.5 Å². The first-order chi connectivity index (χ1) is 9.53. The Bertz CT molecular complexity index is 792. The second-order valence-electron chi connectivity index (χ2n) is 4.91. The van der Waals surface area contributed by atoms with Crippen LogP contribution < -0.4 is 4.72 Å². The van der Waals surface area contributed by atoms with Gasteiger partial charge in [-0.15, -0.1) is 6.58 Å². The standard InChI is InChI=1S/C14H14N2O3S.CH4/c1-2-9-8-11(9)14(17)16-20(18,19)12-5-3-4-10-6-7-15-13(10)12;/h2-7,9,11,15H,1,8H2,(H,16,17);1H4/t9?,11-;/m0./s1. The smallest absolute Gasteiger partial charge is 0.266 e. The number of para-hydroxylation sites is 1. The zero-order valence-corrected chi connectivity index (χ0v) is 11.5. The van der Waals surface area contributed by atoms with E-state index in [0.717, 1.165) is 5.39 Å². The summed E-state index contributed by atoms with van der Waals surface area (Å²) in [5, 5.41) is 0.788. The van der Waals surface area contributed by atoms with E-state index in [0.29, 0.717) is 11.9 Å². The molecule has 21 heavy (non-hydrogen) atoms. The summed E-state index contributed by atoms with van der Waals surface area (Å²) >= 11 is 0. The molecule has 0 aliphatic heterocycles. The summed E-state index contributed by atoms with van der Waals surface area (Å²) in [5.74, 6) is -0.643. The van der Waals surface area contributed by atoms with Crippen LogP contribution in [0.2, 0.25) is 0 Å². The monoisotopic (exact) mass is 306 g/mol. The van der Waals surface area contributed by atoms with Crippen LogP contribution in [0.1, 0.15) is 13.8 Å². The summed E-state index contributed by atoms with van der Waals surface area (Å²) in [5.41, 5.74) is 0.504. The van der Waals surface area contributed by atoms with Crippen molar-refractivity contribution in [2.45, 2.75) is 18.7 Å². The van der Waals surface area contributed by atoms with Gasteiger partial charge in [0, 0.05) is 17.5 Å². The number of amides is 1. The fourth-order valence-electron chi connectivity index (χ4n) is 2.32. The number of hydrogen-bond donors (Lipinski definition) is 2. The lowest BCUT2D eigenvalue weighted by atomic mass is 10.2. The first-order valence-electron chi connectivity index (χ1n) is 6.28. The molecular formula is C15H18N2O3S. The van der Waals surface area contributed by atoms with Crippen LogP contribution >= 0.6 is 0 Å². The van der Waals surface area contributed by atoms with E-state index in [9.17, 15) is 13.2 Å². The number of H-pyrrole nitrogens is 1. The number of rotatable bonds is 4. The van der Waals surface area contributed by atoms with Crippen LogP contribution in [0, 0.1) is 11.8 Å². The highest BCUT2D eigenvalue weighted by atomic mass is 32.2.